The lowest BCUT2D eigenvalue weighted by molar-refractivity contribution is -0.151. The molecular formula is C15H27NO3S. The molecule has 5 heteroatoms. The highest BCUT2D eigenvalue weighted by molar-refractivity contribution is 7.98. The van der Waals surface area contributed by atoms with Gasteiger partial charge in [-0.15, -0.1) is 0 Å². The summed E-state index contributed by atoms with van der Waals surface area (Å²) in [4.78, 5) is 23.2. The van der Waals surface area contributed by atoms with Gasteiger partial charge >= 0.3 is 5.97 Å². The van der Waals surface area contributed by atoms with E-state index >= 15 is 0 Å². The molecule has 0 bridgehead atoms. The lowest BCUT2D eigenvalue weighted by Crippen LogP contribution is -2.36. The van der Waals surface area contributed by atoms with E-state index in [9.17, 15) is 14.7 Å². The first-order valence-electron chi connectivity index (χ1n) is 7.60. The second kappa shape index (κ2) is 9.27. The van der Waals surface area contributed by atoms with E-state index in [0.29, 0.717) is 19.4 Å². The maximum atomic E-state index is 11.9. The second-order valence-electron chi connectivity index (χ2n) is 5.73. The highest BCUT2D eigenvalue weighted by Gasteiger charge is 2.42. The summed E-state index contributed by atoms with van der Waals surface area (Å²) < 4.78 is 0. The first kappa shape index (κ1) is 17.3. The molecule has 1 aliphatic rings. The minimum atomic E-state index is -0.804. The Hall–Kier alpha value is -0.710. The van der Waals surface area contributed by atoms with Crippen LogP contribution in [0.4, 0.5) is 0 Å². The summed E-state index contributed by atoms with van der Waals surface area (Å²) in [5, 5.41) is 12.2. The molecule has 0 aliphatic heterocycles. The molecule has 1 rings (SSSR count). The van der Waals surface area contributed by atoms with Gasteiger partial charge in [-0.05, 0) is 37.7 Å². The normalized spacial score (nSPS) is 17.1. The van der Waals surface area contributed by atoms with Gasteiger partial charge in [0, 0.05) is 13.0 Å². The summed E-state index contributed by atoms with van der Waals surface area (Å²) in [5.41, 5.74) is -0.789. The SMILES string of the molecule is CSCCCCCCNC(=O)CC1(C(=O)O)CCCC1. The van der Waals surface area contributed by atoms with Crippen LogP contribution in [0.15, 0.2) is 0 Å². The van der Waals surface area contributed by atoms with Crippen molar-refractivity contribution in [2.75, 3.05) is 18.6 Å². The first-order chi connectivity index (χ1) is 9.60. The molecule has 0 spiro atoms. The monoisotopic (exact) mass is 301 g/mol. The summed E-state index contributed by atoms with van der Waals surface area (Å²) in [6, 6.07) is 0. The molecule has 1 saturated carbocycles. The van der Waals surface area contributed by atoms with Crippen molar-refractivity contribution in [3.8, 4) is 0 Å². The van der Waals surface area contributed by atoms with Gasteiger partial charge in [0.05, 0.1) is 5.41 Å². The van der Waals surface area contributed by atoms with Crippen molar-refractivity contribution in [3.63, 3.8) is 0 Å². The Morgan fingerprint density at radius 2 is 1.80 bits per heavy atom. The summed E-state index contributed by atoms with van der Waals surface area (Å²) in [6.45, 7) is 0.674. The highest BCUT2D eigenvalue weighted by Crippen LogP contribution is 2.41. The van der Waals surface area contributed by atoms with E-state index in [1.807, 2.05) is 11.8 Å². The fourth-order valence-electron chi connectivity index (χ4n) is 2.84. The Labute approximate surface area is 126 Å². The molecule has 1 amide bonds. The Morgan fingerprint density at radius 3 is 2.40 bits per heavy atom. The number of carbonyl (C=O) groups excluding carboxylic acids is 1. The van der Waals surface area contributed by atoms with Crippen LogP contribution in [0.1, 0.15) is 57.8 Å². The third-order valence-electron chi connectivity index (χ3n) is 4.11. The average molecular weight is 301 g/mol. The van der Waals surface area contributed by atoms with Crippen LogP contribution in [-0.2, 0) is 9.59 Å². The zero-order valence-corrected chi connectivity index (χ0v) is 13.3. The number of rotatable bonds is 10. The quantitative estimate of drug-likeness (QED) is 0.609. The predicted molar refractivity (Wildman–Crippen MR) is 83.0 cm³/mol. The third-order valence-corrected chi connectivity index (χ3v) is 4.81. The maximum Gasteiger partial charge on any atom is 0.310 e. The lowest BCUT2D eigenvalue weighted by Gasteiger charge is -2.22. The minimum Gasteiger partial charge on any atom is -0.481 e. The number of carbonyl (C=O) groups is 2. The van der Waals surface area contributed by atoms with Gasteiger partial charge in [-0.3, -0.25) is 9.59 Å². The van der Waals surface area contributed by atoms with Crippen LogP contribution in [0.3, 0.4) is 0 Å². The van der Waals surface area contributed by atoms with E-state index in [1.54, 1.807) is 0 Å². The smallest absolute Gasteiger partial charge is 0.310 e. The molecule has 0 radical (unpaired) electrons. The van der Waals surface area contributed by atoms with Crippen LogP contribution in [0.25, 0.3) is 0 Å². The first-order valence-corrected chi connectivity index (χ1v) is 8.99. The molecule has 0 unspecified atom stereocenters. The molecule has 0 aromatic carbocycles. The molecule has 0 atom stereocenters. The molecule has 1 aliphatic carbocycles. The molecule has 0 heterocycles. The van der Waals surface area contributed by atoms with E-state index in [-0.39, 0.29) is 12.3 Å². The Kier molecular flexibility index (Phi) is 8.04. The van der Waals surface area contributed by atoms with Gasteiger partial charge in [0.25, 0.3) is 0 Å². The van der Waals surface area contributed by atoms with Gasteiger partial charge in [-0.2, -0.15) is 11.8 Å². The Morgan fingerprint density at radius 1 is 1.15 bits per heavy atom. The highest BCUT2D eigenvalue weighted by atomic mass is 32.2. The van der Waals surface area contributed by atoms with Crippen molar-refractivity contribution >= 4 is 23.6 Å². The topological polar surface area (TPSA) is 66.4 Å². The van der Waals surface area contributed by atoms with Gasteiger partial charge in [0.15, 0.2) is 0 Å². The van der Waals surface area contributed by atoms with Crippen LogP contribution in [0.5, 0.6) is 0 Å². The number of aliphatic carboxylic acids is 1. The van der Waals surface area contributed by atoms with Crippen molar-refractivity contribution in [2.45, 2.75) is 57.8 Å². The van der Waals surface area contributed by atoms with E-state index in [4.69, 9.17) is 0 Å². The number of nitrogens with one attached hydrogen (secondary N) is 1. The van der Waals surface area contributed by atoms with Gasteiger partial charge in [0.1, 0.15) is 0 Å². The van der Waals surface area contributed by atoms with Gasteiger partial charge < -0.3 is 10.4 Å². The standard InChI is InChI=1S/C15H27NO3S/c1-20-11-7-3-2-6-10-16-13(17)12-15(14(18)19)8-4-5-9-15/h2-12H2,1H3,(H,16,17)(H,18,19). The molecule has 4 nitrogen and oxygen atoms in total. The molecule has 0 aromatic rings. The molecule has 0 saturated heterocycles. The van der Waals surface area contributed by atoms with E-state index in [2.05, 4.69) is 11.6 Å². The van der Waals surface area contributed by atoms with Crippen molar-refractivity contribution in [2.24, 2.45) is 5.41 Å². The Bertz CT molecular complexity index is 314. The van der Waals surface area contributed by atoms with Crippen molar-refractivity contribution in [1.29, 1.82) is 0 Å². The number of carboxylic acid groups (broad SMARTS) is 1. The zero-order chi connectivity index (χ0) is 14.8. The molecule has 20 heavy (non-hydrogen) atoms. The zero-order valence-electron chi connectivity index (χ0n) is 12.5. The Balaban J connectivity index is 2.15. The van der Waals surface area contributed by atoms with Crippen molar-refractivity contribution in [1.82, 2.24) is 5.32 Å². The van der Waals surface area contributed by atoms with Gasteiger partial charge in [-0.25, -0.2) is 0 Å². The summed E-state index contributed by atoms with van der Waals surface area (Å²) in [7, 11) is 0. The maximum absolute atomic E-state index is 11.9. The van der Waals surface area contributed by atoms with Crippen LogP contribution in [0.2, 0.25) is 0 Å². The van der Waals surface area contributed by atoms with E-state index in [1.165, 1.54) is 18.6 Å². The van der Waals surface area contributed by atoms with Crippen LogP contribution >= 0.6 is 11.8 Å². The summed E-state index contributed by atoms with van der Waals surface area (Å²) >= 11 is 1.86. The van der Waals surface area contributed by atoms with Gasteiger partial charge in [-0.1, -0.05) is 25.7 Å². The summed E-state index contributed by atoms with van der Waals surface area (Å²) in [5.74, 6) is 0.300. The predicted octanol–water partition coefficient (Wildman–Crippen LogP) is 3.06. The van der Waals surface area contributed by atoms with E-state index in [0.717, 1.165) is 25.7 Å². The van der Waals surface area contributed by atoms with Crippen LogP contribution < -0.4 is 5.32 Å². The van der Waals surface area contributed by atoms with Crippen LogP contribution in [-0.4, -0.2) is 35.5 Å². The molecular weight excluding hydrogens is 274 g/mol. The fraction of sp³-hybridized carbons (Fsp3) is 0.867. The lowest BCUT2D eigenvalue weighted by atomic mass is 9.82. The largest absolute Gasteiger partial charge is 0.481 e. The number of carboxylic acids is 1. The van der Waals surface area contributed by atoms with E-state index < -0.39 is 11.4 Å². The molecule has 116 valence electrons. The fourth-order valence-corrected chi connectivity index (χ4v) is 3.33. The molecule has 0 aromatic heterocycles. The number of unbranched alkanes of at least 4 members (excludes halogenated alkanes) is 3. The van der Waals surface area contributed by atoms with Crippen molar-refractivity contribution in [3.05, 3.63) is 0 Å². The number of amides is 1. The number of hydrogen-bond acceptors (Lipinski definition) is 3. The minimum absolute atomic E-state index is 0.0987. The van der Waals surface area contributed by atoms with Crippen molar-refractivity contribution < 1.29 is 14.7 Å². The summed E-state index contributed by atoms with van der Waals surface area (Å²) in [6.07, 6.45) is 9.95. The molecule has 1 fully saturated rings. The average Bonchev–Trinajstić information content (AvgIpc) is 2.87. The third kappa shape index (κ3) is 5.73. The number of thioether (sulfide) groups is 1. The molecule has 2 N–H and O–H groups in total. The van der Waals surface area contributed by atoms with Crippen LogP contribution in [0, 0.1) is 5.41 Å². The van der Waals surface area contributed by atoms with Gasteiger partial charge in [0.2, 0.25) is 5.91 Å². The second-order valence-corrected chi connectivity index (χ2v) is 6.71. The number of hydrogen-bond donors (Lipinski definition) is 2.